The minimum absolute atomic E-state index is 0.0342. The number of likely N-dealkylation sites (tertiary alicyclic amines) is 1. The molecule has 1 fully saturated rings. The number of nitrogens with zero attached hydrogens (tertiary/aromatic N) is 1. The summed E-state index contributed by atoms with van der Waals surface area (Å²) < 4.78 is 10.7. The smallest absolute Gasteiger partial charge is 0.235 e. The van der Waals surface area contributed by atoms with Crippen LogP contribution >= 0.6 is 0 Å². The second-order valence-electron chi connectivity index (χ2n) is 7.29. The molecule has 2 aromatic carbocycles. The molecular weight excluding hydrogens is 352 g/mol. The lowest BCUT2D eigenvalue weighted by molar-refractivity contribution is -0.122. The molecule has 0 radical (unpaired) electrons. The molecule has 0 unspecified atom stereocenters. The molecule has 1 saturated heterocycles. The number of carbonyl (C=O) groups is 1. The molecule has 28 heavy (non-hydrogen) atoms. The SMILES string of the molecule is CCN1CCC[C@](C(=O)Nc2cc(OC)cc(OC)c2)(c2ccccc2)CC1. The van der Waals surface area contributed by atoms with E-state index in [0.29, 0.717) is 17.2 Å². The monoisotopic (exact) mass is 382 g/mol. The van der Waals surface area contributed by atoms with Crippen molar-refractivity contribution in [3.63, 3.8) is 0 Å². The van der Waals surface area contributed by atoms with Crippen LogP contribution in [-0.2, 0) is 10.2 Å². The van der Waals surface area contributed by atoms with E-state index in [9.17, 15) is 4.79 Å². The van der Waals surface area contributed by atoms with E-state index < -0.39 is 5.41 Å². The fourth-order valence-electron chi connectivity index (χ4n) is 4.04. The number of amides is 1. The summed E-state index contributed by atoms with van der Waals surface area (Å²) in [6, 6.07) is 15.6. The minimum atomic E-state index is -0.540. The molecule has 0 spiro atoms. The molecule has 0 aliphatic carbocycles. The number of hydrogen-bond donors (Lipinski definition) is 1. The molecule has 2 aromatic rings. The molecule has 0 saturated carbocycles. The Bertz CT molecular complexity index is 771. The summed E-state index contributed by atoms with van der Waals surface area (Å²) in [4.78, 5) is 16.0. The van der Waals surface area contributed by atoms with E-state index in [1.165, 1.54) is 0 Å². The predicted octanol–water partition coefficient (Wildman–Crippen LogP) is 4.09. The van der Waals surface area contributed by atoms with Crippen molar-refractivity contribution < 1.29 is 14.3 Å². The average Bonchev–Trinajstić information content (AvgIpc) is 2.97. The zero-order valence-corrected chi connectivity index (χ0v) is 17.0. The first kappa shape index (κ1) is 20.2. The van der Waals surface area contributed by atoms with E-state index >= 15 is 0 Å². The normalized spacial score (nSPS) is 20.2. The number of benzene rings is 2. The first-order valence-electron chi connectivity index (χ1n) is 9.93. The lowest BCUT2D eigenvalue weighted by Crippen LogP contribution is -2.41. The van der Waals surface area contributed by atoms with Crippen LogP contribution in [0.2, 0.25) is 0 Å². The lowest BCUT2D eigenvalue weighted by Gasteiger charge is -2.32. The summed E-state index contributed by atoms with van der Waals surface area (Å²) in [6.07, 6.45) is 2.63. The average molecular weight is 383 g/mol. The van der Waals surface area contributed by atoms with Crippen molar-refractivity contribution >= 4 is 11.6 Å². The molecule has 1 aliphatic heterocycles. The predicted molar refractivity (Wildman–Crippen MR) is 112 cm³/mol. The molecule has 5 nitrogen and oxygen atoms in total. The van der Waals surface area contributed by atoms with Gasteiger partial charge < -0.3 is 19.7 Å². The zero-order chi connectivity index (χ0) is 20.0. The summed E-state index contributed by atoms with van der Waals surface area (Å²) >= 11 is 0. The molecule has 3 rings (SSSR count). The highest BCUT2D eigenvalue weighted by Gasteiger charge is 2.41. The maximum Gasteiger partial charge on any atom is 0.235 e. The van der Waals surface area contributed by atoms with E-state index in [-0.39, 0.29) is 5.91 Å². The fourth-order valence-corrected chi connectivity index (χ4v) is 4.04. The van der Waals surface area contributed by atoms with Crippen LogP contribution in [0.3, 0.4) is 0 Å². The highest BCUT2D eigenvalue weighted by atomic mass is 16.5. The Morgan fingerprint density at radius 2 is 1.71 bits per heavy atom. The van der Waals surface area contributed by atoms with Gasteiger partial charge in [-0.15, -0.1) is 0 Å². The van der Waals surface area contributed by atoms with Crippen LogP contribution in [0.4, 0.5) is 5.69 Å². The van der Waals surface area contributed by atoms with Gasteiger partial charge >= 0.3 is 0 Å². The number of methoxy groups -OCH3 is 2. The van der Waals surface area contributed by atoms with Crippen molar-refractivity contribution in [1.29, 1.82) is 0 Å². The van der Waals surface area contributed by atoms with Crippen molar-refractivity contribution in [3.8, 4) is 11.5 Å². The first-order valence-corrected chi connectivity index (χ1v) is 9.93. The third kappa shape index (κ3) is 4.30. The number of anilines is 1. The Morgan fingerprint density at radius 1 is 1.04 bits per heavy atom. The number of hydrogen-bond acceptors (Lipinski definition) is 4. The van der Waals surface area contributed by atoms with E-state index in [0.717, 1.165) is 44.5 Å². The maximum absolute atomic E-state index is 13.6. The van der Waals surface area contributed by atoms with Crippen LogP contribution < -0.4 is 14.8 Å². The van der Waals surface area contributed by atoms with E-state index in [2.05, 4.69) is 29.3 Å². The molecule has 0 aromatic heterocycles. The Balaban J connectivity index is 1.94. The van der Waals surface area contributed by atoms with Gasteiger partial charge in [0.2, 0.25) is 5.91 Å². The summed E-state index contributed by atoms with van der Waals surface area (Å²) in [7, 11) is 3.22. The number of rotatable bonds is 6. The van der Waals surface area contributed by atoms with E-state index in [4.69, 9.17) is 9.47 Å². The largest absolute Gasteiger partial charge is 0.497 e. The topological polar surface area (TPSA) is 50.8 Å². The van der Waals surface area contributed by atoms with Gasteiger partial charge in [0.05, 0.1) is 19.6 Å². The molecule has 1 aliphatic rings. The van der Waals surface area contributed by atoms with Gasteiger partial charge in [0.15, 0.2) is 0 Å². The third-order valence-electron chi connectivity index (χ3n) is 5.75. The molecule has 5 heteroatoms. The summed E-state index contributed by atoms with van der Waals surface area (Å²) in [6.45, 7) is 5.14. The van der Waals surface area contributed by atoms with Crippen LogP contribution in [0.15, 0.2) is 48.5 Å². The third-order valence-corrected chi connectivity index (χ3v) is 5.75. The Hall–Kier alpha value is -2.53. The molecule has 1 atom stereocenters. The highest BCUT2D eigenvalue weighted by molar-refractivity contribution is 5.99. The van der Waals surface area contributed by atoms with E-state index in [1.807, 2.05) is 30.3 Å². The van der Waals surface area contributed by atoms with Crippen LogP contribution in [0.25, 0.3) is 0 Å². The van der Waals surface area contributed by atoms with Crippen molar-refractivity contribution in [2.75, 3.05) is 39.2 Å². The maximum atomic E-state index is 13.6. The summed E-state index contributed by atoms with van der Waals surface area (Å²) in [5.41, 5.74) is 1.23. The zero-order valence-electron chi connectivity index (χ0n) is 17.0. The Labute approximate surface area is 167 Å². The van der Waals surface area contributed by atoms with Gasteiger partial charge in [-0.25, -0.2) is 0 Å². The van der Waals surface area contributed by atoms with Gasteiger partial charge in [-0.2, -0.15) is 0 Å². The molecule has 1 amide bonds. The highest BCUT2D eigenvalue weighted by Crippen LogP contribution is 2.37. The lowest BCUT2D eigenvalue weighted by atomic mass is 9.73. The number of nitrogens with one attached hydrogen (secondary N) is 1. The van der Waals surface area contributed by atoms with Crippen LogP contribution in [0.1, 0.15) is 31.7 Å². The minimum Gasteiger partial charge on any atom is -0.497 e. The molecule has 0 bridgehead atoms. The first-order chi connectivity index (χ1) is 13.6. The van der Waals surface area contributed by atoms with Gasteiger partial charge in [-0.3, -0.25) is 4.79 Å². The van der Waals surface area contributed by atoms with Crippen molar-refractivity contribution in [2.45, 2.75) is 31.6 Å². The van der Waals surface area contributed by atoms with Gasteiger partial charge in [0, 0.05) is 23.9 Å². The van der Waals surface area contributed by atoms with Gasteiger partial charge in [-0.1, -0.05) is 37.3 Å². The Kier molecular flexibility index (Phi) is 6.57. The van der Waals surface area contributed by atoms with Gasteiger partial charge in [0.1, 0.15) is 11.5 Å². The number of ether oxygens (including phenoxy) is 2. The molecule has 150 valence electrons. The molecular formula is C23H30N2O3. The van der Waals surface area contributed by atoms with Crippen molar-refractivity contribution in [3.05, 3.63) is 54.1 Å². The fraction of sp³-hybridized carbons (Fsp3) is 0.435. The molecule has 1 N–H and O–H groups in total. The second-order valence-corrected chi connectivity index (χ2v) is 7.29. The van der Waals surface area contributed by atoms with Crippen LogP contribution in [-0.4, -0.2) is 44.7 Å². The summed E-state index contributed by atoms with van der Waals surface area (Å²) in [5, 5.41) is 3.14. The van der Waals surface area contributed by atoms with Gasteiger partial charge in [-0.05, 0) is 44.5 Å². The standard InChI is InChI=1S/C23H30N2O3/c1-4-25-13-8-11-23(12-14-25,18-9-6-5-7-10-18)22(26)24-19-15-20(27-2)17-21(16-19)28-3/h5-7,9-10,15-17H,4,8,11-14H2,1-3H3,(H,24,26)/t23-/m1/s1. The Morgan fingerprint density at radius 3 is 2.32 bits per heavy atom. The van der Waals surface area contributed by atoms with E-state index in [1.54, 1.807) is 20.3 Å². The quantitative estimate of drug-likeness (QED) is 0.818. The second kappa shape index (κ2) is 9.11. The molecule has 1 heterocycles. The van der Waals surface area contributed by atoms with Crippen molar-refractivity contribution in [2.24, 2.45) is 0 Å². The van der Waals surface area contributed by atoms with Crippen LogP contribution in [0.5, 0.6) is 11.5 Å². The van der Waals surface area contributed by atoms with Gasteiger partial charge in [0.25, 0.3) is 0 Å². The van der Waals surface area contributed by atoms with Crippen LogP contribution in [0, 0.1) is 0 Å². The van der Waals surface area contributed by atoms with Crippen molar-refractivity contribution in [1.82, 2.24) is 4.90 Å². The summed E-state index contributed by atoms with van der Waals surface area (Å²) in [5.74, 6) is 1.34. The number of carbonyl (C=O) groups excluding carboxylic acids is 1.